The van der Waals surface area contributed by atoms with Crippen LogP contribution in [-0.2, 0) is 0 Å². The zero-order valence-electron chi connectivity index (χ0n) is 8.80. The molecule has 1 aromatic carbocycles. The number of fused-ring (bicyclic) bond motifs is 1. The van der Waals surface area contributed by atoms with Crippen molar-refractivity contribution in [3.05, 3.63) is 28.4 Å². The summed E-state index contributed by atoms with van der Waals surface area (Å²) in [6.07, 6.45) is 0. The highest BCUT2D eigenvalue weighted by atomic mass is 35.5. The lowest BCUT2D eigenvalue weighted by atomic mass is 10.1. The van der Waals surface area contributed by atoms with Crippen LogP contribution in [0.2, 0.25) is 5.02 Å². The third kappa shape index (κ3) is 1.51. The van der Waals surface area contributed by atoms with Gasteiger partial charge in [-0.05, 0) is 24.6 Å². The molecule has 0 amide bonds. The van der Waals surface area contributed by atoms with Crippen LogP contribution < -0.4 is 4.74 Å². The van der Waals surface area contributed by atoms with Gasteiger partial charge in [0.1, 0.15) is 11.4 Å². The molecule has 0 unspecified atom stereocenters. The number of aromatic amines is 1. The number of methoxy groups -OCH3 is 1. The van der Waals surface area contributed by atoms with E-state index in [1.54, 1.807) is 13.2 Å². The number of aromatic carboxylic acids is 1. The summed E-state index contributed by atoms with van der Waals surface area (Å²) < 4.78 is 5.23. The van der Waals surface area contributed by atoms with Crippen LogP contribution >= 0.6 is 11.6 Å². The topological polar surface area (TPSA) is 62.3 Å². The van der Waals surface area contributed by atoms with Gasteiger partial charge in [-0.15, -0.1) is 0 Å². The number of halogens is 1. The minimum atomic E-state index is -1.02. The summed E-state index contributed by atoms with van der Waals surface area (Å²) in [4.78, 5) is 13.6. The van der Waals surface area contributed by atoms with Gasteiger partial charge in [-0.1, -0.05) is 11.6 Å². The van der Waals surface area contributed by atoms with Gasteiger partial charge in [0.05, 0.1) is 17.6 Å². The van der Waals surface area contributed by atoms with Crippen LogP contribution in [0.1, 0.15) is 16.1 Å². The zero-order chi connectivity index (χ0) is 11.9. The Labute approximate surface area is 96.8 Å². The first-order chi connectivity index (χ1) is 7.54. The van der Waals surface area contributed by atoms with Crippen molar-refractivity contribution >= 4 is 28.5 Å². The lowest BCUT2D eigenvalue weighted by molar-refractivity contribution is 0.0691. The first-order valence-electron chi connectivity index (χ1n) is 4.63. The summed E-state index contributed by atoms with van der Waals surface area (Å²) in [6, 6.07) is 3.26. The van der Waals surface area contributed by atoms with E-state index in [0.717, 1.165) is 5.56 Å². The molecule has 0 bridgehead atoms. The molecule has 0 aliphatic heterocycles. The zero-order valence-corrected chi connectivity index (χ0v) is 9.55. The van der Waals surface area contributed by atoms with Gasteiger partial charge in [-0.25, -0.2) is 4.79 Å². The number of H-pyrrole nitrogens is 1. The Balaban J connectivity index is 2.83. The fraction of sp³-hybridized carbons (Fsp3) is 0.182. The van der Waals surface area contributed by atoms with Crippen LogP contribution in [0.3, 0.4) is 0 Å². The summed E-state index contributed by atoms with van der Waals surface area (Å²) in [7, 11) is 1.54. The number of nitrogens with one attached hydrogen (secondary N) is 1. The largest absolute Gasteiger partial charge is 0.496 e. The predicted molar refractivity (Wildman–Crippen MR) is 61.6 cm³/mol. The highest BCUT2D eigenvalue weighted by molar-refractivity contribution is 6.35. The molecular weight excluding hydrogens is 230 g/mol. The first-order valence-corrected chi connectivity index (χ1v) is 5.01. The second-order valence-electron chi connectivity index (χ2n) is 3.49. The molecule has 16 heavy (non-hydrogen) atoms. The van der Waals surface area contributed by atoms with Crippen molar-refractivity contribution in [3.8, 4) is 5.75 Å². The van der Waals surface area contributed by atoms with E-state index in [-0.39, 0.29) is 5.69 Å². The smallest absolute Gasteiger partial charge is 0.352 e. The molecule has 2 aromatic rings. The van der Waals surface area contributed by atoms with Gasteiger partial charge < -0.3 is 14.8 Å². The minimum absolute atomic E-state index is 0.0980. The van der Waals surface area contributed by atoms with Gasteiger partial charge in [-0.3, -0.25) is 0 Å². The molecule has 0 aliphatic carbocycles. The van der Waals surface area contributed by atoms with Crippen molar-refractivity contribution in [1.82, 2.24) is 4.98 Å². The molecule has 2 rings (SSSR count). The lowest BCUT2D eigenvalue weighted by Crippen LogP contribution is -1.94. The number of benzene rings is 1. The maximum absolute atomic E-state index is 10.9. The number of aryl methyl sites for hydroxylation is 1. The highest BCUT2D eigenvalue weighted by Gasteiger charge is 2.15. The molecule has 0 saturated carbocycles. The number of hydrogen-bond donors (Lipinski definition) is 2. The van der Waals surface area contributed by atoms with E-state index in [9.17, 15) is 4.79 Å². The van der Waals surface area contributed by atoms with Crippen molar-refractivity contribution < 1.29 is 14.6 Å². The summed E-state index contributed by atoms with van der Waals surface area (Å²) in [6.45, 7) is 1.86. The summed E-state index contributed by atoms with van der Waals surface area (Å²) in [5, 5.41) is 10.1. The maximum Gasteiger partial charge on any atom is 0.352 e. The van der Waals surface area contributed by atoms with Gasteiger partial charge in [0.25, 0.3) is 0 Å². The SMILES string of the molecule is COc1c(C)cc(Cl)c2[nH]c(C(=O)O)cc12. The maximum atomic E-state index is 10.9. The molecular formula is C11H10ClNO3. The van der Waals surface area contributed by atoms with Gasteiger partial charge in [0.15, 0.2) is 0 Å². The number of ether oxygens (including phenoxy) is 1. The summed E-state index contributed by atoms with van der Waals surface area (Å²) in [5.41, 5.74) is 1.55. The summed E-state index contributed by atoms with van der Waals surface area (Å²) >= 11 is 6.03. The minimum Gasteiger partial charge on any atom is -0.496 e. The first kappa shape index (κ1) is 10.8. The Kier molecular flexibility index (Phi) is 2.52. The van der Waals surface area contributed by atoms with Gasteiger partial charge >= 0.3 is 5.97 Å². The molecule has 0 saturated heterocycles. The average Bonchev–Trinajstić information content (AvgIpc) is 2.63. The Bertz CT molecular complexity index is 574. The lowest BCUT2D eigenvalue weighted by Gasteiger charge is -2.06. The van der Waals surface area contributed by atoms with Crippen LogP contribution in [0.4, 0.5) is 0 Å². The molecule has 0 fully saturated rings. The van der Waals surface area contributed by atoms with Crippen molar-refractivity contribution in [1.29, 1.82) is 0 Å². The Morgan fingerprint density at radius 2 is 2.19 bits per heavy atom. The third-order valence-electron chi connectivity index (χ3n) is 2.44. The molecule has 2 N–H and O–H groups in total. The van der Waals surface area contributed by atoms with Crippen LogP contribution in [-0.4, -0.2) is 23.2 Å². The van der Waals surface area contributed by atoms with E-state index < -0.39 is 5.97 Å². The molecule has 0 radical (unpaired) electrons. The van der Waals surface area contributed by atoms with Crippen molar-refractivity contribution in [2.75, 3.05) is 7.11 Å². The average molecular weight is 240 g/mol. The molecule has 0 aliphatic rings. The van der Waals surface area contributed by atoms with Crippen molar-refractivity contribution in [2.45, 2.75) is 6.92 Å². The normalized spacial score (nSPS) is 10.7. The molecule has 5 heteroatoms. The van der Waals surface area contributed by atoms with Crippen LogP contribution in [0, 0.1) is 6.92 Å². The quantitative estimate of drug-likeness (QED) is 0.847. The number of aromatic nitrogens is 1. The Morgan fingerprint density at radius 1 is 1.50 bits per heavy atom. The monoisotopic (exact) mass is 239 g/mol. The number of carboxylic acids is 1. The third-order valence-corrected chi connectivity index (χ3v) is 2.74. The van der Waals surface area contributed by atoms with E-state index in [1.165, 1.54) is 6.07 Å². The second-order valence-corrected chi connectivity index (χ2v) is 3.89. The van der Waals surface area contributed by atoms with Crippen molar-refractivity contribution in [2.24, 2.45) is 0 Å². The van der Waals surface area contributed by atoms with Gasteiger partial charge in [-0.2, -0.15) is 0 Å². The second kappa shape index (κ2) is 3.72. The molecule has 1 aromatic heterocycles. The van der Waals surface area contributed by atoms with Gasteiger partial charge in [0.2, 0.25) is 0 Å². The Morgan fingerprint density at radius 3 is 2.75 bits per heavy atom. The fourth-order valence-corrected chi connectivity index (χ4v) is 2.06. The van der Waals surface area contributed by atoms with Crippen LogP contribution in [0.25, 0.3) is 10.9 Å². The van der Waals surface area contributed by atoms with Crippen molar-refractivity contribution in [3.63, 3.8) is 0 Å². The number of carboxylic acid groups (broad SMARTS) is 1. The van der Waals surface area contributed by atoms with E-state index in [2.05, 4.69) is 4.98 Å². The summed E-state index contributed by atoms with van der Waals surface area (Å²) in [5.74, 6) is -0.380. The van der Waals surface area contributed by atoms with E-state index in [0.29, 0.717) is 21.7 Å². The standard InChI is InChI=1S/C11H10ClNO3/c1-5-3-7(12)9-6(10(5)16-2)4-8(13-9)11(14)15/h3-4,13H,1-2H3,(H,14,15). The van der Waals surface area contributed by atoms with Gasteiger partial charge in [0, 0.05) is 5.39 Å². The molecule has 1 heterocycles. The highest BCUT2D eigenvalue weighted by Crippen LogP contribution is 2.34. The number of hydrogen-bond acceptors (Lipinski definition) is 2. The van der Waals surface area contributed by atoms with Crippen LogP contribution in [0.15, 0.2) is 12.1 Å². The number of carbonyl (C=O) groups is 1. The molecule has 0 spiro atoms. The molecule has 4 nitrogen and oxygen atoms in total. The van der Waals surface area contributed by atoms with E-state index in [4.69, 9.17) is 21.4 Å². The number of rotatable bonds is 2. The van der Waals surface area contributed by atoms with E-state index >= 15 is 0 Å². The fourth-order valence-electron chi connectivity index (χ4n) is 1.75. The predicted octanol–water partition coefficient (Wildman–Crippen LogP) is 2.84. The molecule has 84 valence electrons. The van der Waals surface area contributed by atoms with E-state index in [1.807, 2.05) is 6.92 Å². The van der Waals surface area contributed by atoms with Crippen LogP contribution in [0.5, 0.6) is 5.75 Å². The Hall–Kier alpha value is -1.68. The molecule has 0 atom stereocenters.